The lowest BCUT2D eigenvalue weighted by molar-refractivity contribution is 0.0705. The van der Waals surface area contributed by atoms with E-state index >= 15 is 0 Å². The number of rotatable bonds is 5. The van der Waals surface area contributed by atoms with Crippen LogP contribution in [0, 0.1) is 0 Å². The summed E-state index contributed by atoms with van der Waals surface area (Å²) in [7, 11) is -2.85. The topological polar surface area (TPSA) is 54.4 Å². The molecule has 0 saturated heterocycles. The highest BCUT2D eigenvalue weighted by molar-refractivity contribution is 7.91. The normalized spacial score (nSPS) is 13.3. The third-order valence-electron chi connectivity index (χ3n) is 1.68. The highest BCUT2D eigenvalue weighted by Gasteiger charge is 2.14. The third kappa shape index (κ3) is 6.61. The second-order valence-corrected chi connectivity index (χ2v) is 6.13. The fourth-order valence-corrected chi connectivity index (χ4v) is 1.74. The third-order valence-corrected chi connectivity index (χ3v) is 3.47. The Bertz CT molecular complexity index is 211. The van der Waals surface area contributed by atoms with Crippen molar-refractivity contribution in [1.29, 1.82) is 0 Å². The highest BCUT2D eigenvalue weighted by atomic mass is 32.2. The van der Waals surface area contributed by atoms with Crippen molar-refractivity contribution in [2.75, 3.05) is 11.5 Å². The van der Waals surface area contributed by atoms with Gasteiger partial charge in [0, 0.05) is 5.75 Å². The summed E-state index contributed by atoms with van der Waals surface area (Å²) in [5.74, 6) is 0.381. The Morgan fingerprint density at radius 2 is 1.83 bits per heavy atom. The van der Waals surface area contributed by atoms with Crippen molar-refractivity contribution < 1.29 is 13.5 Å². The Morgan fingerprint density at radius 1 is 1.33 bits per heavy atom. The first-order valence-electron chi connectivity index (χ1n) is 4.19. The molecule has 0 bridgehead atoms. The van der Waals surface area contributed by atoms with Crippen molar-refractivity contribution in [3.63, 3.8) is 0 Å². The zero-order chi connectivity index (χ0) is 9.83. The lowest BCUT2D eigenvalue weighted by Gasteiger charge is -2.15. The van der Waals surface area contributed by atoms with Crippen molar-refractivity contribution in [2.24, 2.45) is 0 Å². The van der Waals surface area contributed by atoms with Crippen LogP contribution in [0.25, 0.3) is 0 Å². The predicted molar refractivity (Wildman–Crippen MR) is 49.9 cm³/mol. The molecule has 0 aliphatic rings. The molecule has 0 aromatic carbocycles. The van der Waals surface area contributed by atoms with Gasteiger partial charge in [-0.15, -0.1) is 0 Å². The molecule has 74 valence electrons. The van der Waals surface area contributed by atoms with Gasteiger partial charge in [0.25, 0.3) is 0 Å². The SMILES string of the molecule is CCS(=O)(=O)CCCC(C)(C)O. The van der Waals surface area contributed by atoms with E-state index in [4.69, 9.17) is 0 Å². The maximum absolute atomic E-state index is 11.0. The van der Waals surface area contributed by atoms with Crippen LogP contribution in [0.2, 0.25) is 0 Å². The predicted octanol–water partition coefficient (Wildman–Crippen LogP) is 0.972. The molecule has 0 atom stereocenters. The van der Waals surface area contributed by atoms with E-state index in [2.05, 4.69) is 0 Å². The molecule has 0 unspecified atom stereocenters. The van der Waals surface area contributed by atoms with Crippen molar-refractivity contribution in [3.05, 3.63) is 0 Å². The zero-order valence-corrected chi connectivity index (χ0v) is 8.82. The van der Waals surface area contributed by atoms with Crippen LogP contribution < -0.4 is 0 Å². The summed E-state index contributed by atoms with van der Waals surface area (Å²) in [6.07, 6.45) is 1.08. The number of hydrogen-bond donors (Lipinski definition) is 1. The minimum absolute atomic E-state index is 0.188. The van der Waals surface area contributed by atoms with Gasteiger partial charge < -0.3 is 5.11 Å². The maximum atomic E-state index is 11.0. The zero-order valence-electron chi connectivity index (χ0n) is 8.00. The van der Waals surface area contributed by atoms with Gasteiger partial charge in [-0.1, -0.05) is 6.92 Å². The molecule has 0 aliphatic heterocycles. The van der Waals surface area contributed by atoms with Crippen molar-refractivity contribution in [2.45, 2.75) is 39.2 Å². The largest absolute Gasteiger partial charge is 0.390 e. The molecule has 0 rings (SSSR count). The quantitative estimate of drug-likeness (QED) is 0.709. The molecule has 4 heteroatoms. The van der Waals surface area contributed by atoms with Gasteiger partial charge >= 0.3 is 0 Å². The van der Waals surface area contributed by atoms with Crippen LogP contribution in [0.5, 0.6) is 0 Å². The van der Waals surface area contributed by atoms with E-state index < -0.39 is 15.4 Å². The molecule has 0 amide bonds. The monoisotopic (exact) mass is 194 g/mol. The minimum atomic E-state index is -2.85. The molecule has 12 heavy (non-hydrogen) atoms. The van der Waals surface area contributed by atoms with Crippen molar-refractivity contribution in [1.82, 2.24) is 0 Å². The Morgan fingerprint density at radius 3 is 2.17 bits per heavy atom. The average molecular weight is 194 g/mol. The van der Waals surface area contributed by atoms with E-state index in [-0.39, 0.29) is 11.5 Å². The van der Waals surface area contributed by atoms with Gasteiger partial charge in [-0.05, 0) is 26.7 Å². The van der Waals surface area contributed by atoms with Crippen LogP contribution in [0.3, 0.4) is 0 Å². The number of aliphatic hydroxyl groups is 1. The van der Waals surface area contributed by atoms with Crippen molar-refractivity contribution in [3.8, 4) is 0 Å². The first kappa shape index (κ1) is 11.9. The number of hydrogen-bond acceptors (Lipinski definition) is 3. The Hall–Kier alpha value is -0.0900. The van der Waals surface area contributed by atoms with Crippen LogP contribution in [0.1, 0.15) is 33.6 Å². The molecular weight excluding hydrogens is 176 g/mol. The van der Waals surface area contributed by atoms with Crippen LogP contribution in [0.15, 0.2) is 0 Å². The van der Waals surface area contributed by atoms with Gasteiger partial charge in [-0.3, -0.25) is 0 Å². The number of sulfone groups is 1. The standard InChI is InChI=1S/C8H18O3S/c1-4-12(10,11)7-5-6-8(2,3)9/h9H,4-7H2,1-3H3. The van der Waals surface area contributed by atoms with Crippen LogP contribution in [-0.4, -0.2) is 30.6 Å². The smallest absolute Gasteiger partial charge is 0.150 e. The molecule has 0 aromatic heterocycles. The lowest BCUT2D eigenvalue weighted by atomic mass is 10.0. The molecule has 0 radical (unpaired) electrons. The summed E-state index contributed by atoms with van der Waals surface area (Å²) < 4.78 is 22.0. The molecular formula is C8H18O3S. The summed E-state index contributed by atoms with van der Waals surface area (Å²) >= 11 is 0. The molecule has 0 fully saturated rings. The van der Waals surface area contributed by atoms with Crippen molar-refractivity contribution >= 4 is 9.84 Å². The molecule has 3 nitrogen and oxygen atoms in total. The van der Waals surface area contributed by atoms with Gasteiger partial charge in [-0.25, -0.2) is 8.42 Å². The molecule has 1 N–H and O–H groups in total. The van der Waals surface area contributed by atoms with Gasteiger partial charge in [0.15, 0.2) is 0 Å². The summed E-state index contributed by atoms with van der Waals surface area (Å²) in [4.78, 5) is 0. The van der Waals surface area contributed by atoms with Crippen LogP contribution in [-0.2, 0) is 9.84 Å². The van der Waals surface area contributed by atoms with Gasteiger partial charge in [-0.2, -0.15) is 0 Å². The first-order valence-corrected chi connectivity index (χ1v) is 6.02. The maximum Gasteiger partial charge on any atom is 0.150 e. The first-order chi connectivity index (χ1) is 5.27. The molecule has 0 spiro atoms. The van der Waals surface area contributed by atoms with Gasteiger partial charge in [0.2, 0.25) is 0 Å². The van der Waals surface area contributed by atoms with E-state index in [0.717, 1.165) is 0 Å². The second-order valence-electron chi connectivity index (χ2n) is 3.65. The summed E-state index contributed by atoms with van der Waals surface area (Å²) in [6.45, 7) is 5.01. The Kier molecular flexibility index (Phi) is 4.20. The van der Waals surface area contributed by atoms with Crippen LogP contribution in [0.4, 0.5) is 0 Å². The van der Waals surface area contributed by atoms with E-state index in [0.29, 0.717) is 12.8 Å². The van der Waals surface area contributed by atoms with Gasteiger partial charge in [0.1, 0.15) is 9.84 Å². The minimum Gasteiger partial charge on any atom is -0.390 e. The summed E-state index contributed by atoms with van der Waals surface area (Å²) in [5.41, 5.74) is -0.747. The summed E-state index contributed by atoms with van der Waals surface area (Å²) in [5, 5.41) is 9.29. The Labute approximate surface area is 74.7 Å². The lowest BCUT2D eigenvalue weighted by Crippen LogP contribution is -2.20. The molecule has 0 aliphatic carbocycles. The van der Waals surface area contributed by atoms with E-state index in [1.165, 1.54) is 0 Å². The molecule has 0 heterocycles. The highest BCUT2D eigenvalue weighted by Crippen LogP contribution is 2.11. The second kappa shape index (κ2) is 4.23. The van der Waals surface area contributed by atoms with Gasteiger partial charge in [0.05, 0.1) is 11.4 Å². The fraction of sp³-hybridized carbons (Fsp3) is 1.00. The fourth-order valence-electron chi connectivity index (χ4n) is 0.869. The van der Waals surface area contributed by atoms with E-state index in [1.54, 1.807) is 20.8 Å². The summed E-state index contributed by atoms with van der Waals surface area (Å²) in [6, 6.07) is 0. The molecule has 0 aromatic rings. The Balaban J connectivity index is 3.73. The van der Waals surface area contributed by atoms with Crippen LogP contribution >= 0.6 is 0 Å². The molecule has 0 saturated carbocycles. The average Bonchev–Trinajstić information content (AvgIpc) is 1.84. The van der Waals surface area contributed by atoms with E-state index in [9.17, 15) is 13.5 Å². The van der Waals surface area contributed by atoms with E-state index in [1.807, 2.05) is 0 Å².